The average Bonchev–Trinajstić information content (AvgIpc) is 2.93. The zero-order chi connectivity index (χ0) is 21.2. The van der Waals surface area contributed by atoms with Crippen molar-refractivity contribution < 1.29 is 19.2 Å². The van der Waals surface area contributed by atoms with E-state index < -0.39 is 17.5 Å². The van der Waals surface area contributed by atoms with E-state index in [0.717, 1.165) is 29.7 Å². The second kappa shape index (κ2) is 8.23. The fourth-order valence-electron chi connectivity index (χ4n) is 4.11. The standard InChI is InChI=1S/C21H28N4O4/c1-14-7-4-5-10-21(14)19(28)25(20(29)23-21)13-17(26)22-12-15-8-6-9-16(11-15)18(27)24(2)3/h6,8-9,11,14H,4-5,7,10,12-13H2,1-3H3,(H,22,26)(H,23,29). The molecule has 1 spiro atoms. The van der Waals surface area contributed by atoms with Crippen molar-refractivity contribution in [1.82, 2.24) is 20.4 Å². The number of nitrogens with zero attached hydrogens (tertiary/aromatic N) is 2. The van der Waals surface area contributed by atoms with Gasteiger partial charge in [0.25, 0.3) is 11.8 Å². The van der Waals surface area contributed by atoms with Gasteiger partial charge in [-0.1, -0.05) is 31.9 Å². The molecule has 1 heterocycles. The summed E-state index contributed by atoms with van der Waals surface area (Å²) in [6.45, 7) is 1.87. The average molecular weight is 400 g/mol. The molecule has 2 fully saturated rings. The Hall–Kier alpha value is -2.90. The molecule has 1 saturated heterocycles. The summed E-state index contributed by atoms with van der Waals surface area (Å²) in [5.41, 5.74) is 0.431. The molecule has 0 bridgehead atoms. The monoisotopic (exact) mass is 400 g/mol. The lowest BCUT2D eigenvalue weighted by Crippen LogP contribution is -2.54. The van der Waals surface area contributed by atoms with Gasteiger partial charge in [0.1, 0.15) is 12.1 Å². The lowest BCUT2D eigenvalue weighted by atomic mass is 9.73. The number of imide groups is 1. The van der Waals surface area contributed by atoms with Gasteiger partial charge in [-0.05, 0) is 36.5 Å². The Labute approximate surface area is 170 Å². The van der Waals surface area contributed by atoms with Crippen LogP contribution in [0.1, 0.15) is 48.5 Å². The molecule has 1 aliphatic heterocycles. The van der Waals surface area contributed by atoms with E-state index in [1.54, 1.807) is 38.4 Å². The highest BCUT2D eigenvalue weighted by Crippen LogP contribution is 2.38. The summed E-state index contributed by atoms with van der Waals surface area (Å²) in [6.07, 6.45) is 3.43. The molecule has 3 rings (SSSR count). The molecule has 8 heteroatoms. The Morgan fingerprint density at radius 3 is 2.72 bits per heavy atom. The van der Waals surface area contributed by atoms with Crippen molar-refractivity contribution in [3.63, 3.8) is 0 Å². The molecule has 1 aliphatic carbocycles. The molecule has 0 aromatic heterocycles. The number of hydrogen-bond acceptors (Lipinski definition) is 4. The minimum absolute atomic E-state index is 0.0535. The second-order valence-electron chi connectivity index (χ2n) is 8.12. The van der Waals surface area contributed by atoms with E-state index >= 15 is 0 Å². The third-order valence-corrected chi connectivity index (χ3v) is 5.87. The van der Waals surface area contributed by atoms with E-state index in [-0.39, 0.29) is 30.8 Å². The zero-order valence-electron chi connectivity index (χ0n) is 17.2. The number of urea groups is 1. The van der Waals surface area contributed by atoms with Crippen molar-refractivity contribution in [3.8, 4) is 0 Å². The highest BCUT2D eigenvalue weighted by Gasteiger charge is 2.55. The SMILES string of the molecule is CC1CCCCC12NC(=O)N(CC(=O)NCc1cccc(C(=O)N(C)C)c1)C2=O. The predicted molar refractivity (Wildman–Crippen MR) is 107 cm³/mol. The maximum atomic E-state index is 12.9. The predicted octanol–water partition coefficient (Wildman–Crippen LogP) is 1.51. The van der Waals surface area contributed by atoms with Crippen molar-refractivity contribution in [3.05, 3.63) is 35.4 Å². The van der Waals surface area contributed by atoms with Gasteiger partial charge in [-0.15, -0.1) is 0 Å². The molecule has 8 nitrogen and oxygen atoms in total. The smallest absolute Gasteiger partial charge is 0.325 e. The normalized spacial score (nSPS) is 23.8. The molecule has 1 aromatic carbocycles. The summed E-state index contributed by atoms with van der Waals surface area (Å²) in [6, 6.07) is 6.49. The lowest BCUT2D eigenvalue weighted by molar-refractivity contribution is -0.137. The van der Waals surface area contributed by atoms with Crippen molar-refractivity contribution in [2.24, 2.45) is 5.92 Å². The van der Waals surface area contributed by atoms with Crippen LogP contribution in [0, 0.1) is 5.92 Å². The first-order valence-electron chi connectivity index (χ1n) is 9.96. The Balaban J connectivity index is 1.60. The van der Waals surface area contributed by atoms with Gasteiger partial charge in [0.2, 0.25) is 5.91 Å². The van der Waals surface area contributed by atoms with Crippen LogP contribution in [0.15, 0.2) is 24.3 Å². The summed E-state index contributed by atoms with van der Waals surface area (Å²) in [7, 11) is 3.35. The van der Waals surface area contributed by atoms with Crippen LogP contribution in [0.5, 0.6) is 0 Å². The molecule has 29 heavy (non-hydrogen) atoms. The summed E-state index contributed by atoms with van der Waals surface area (Å²) in [5.74, 6) is -0.788. The van der Waals surface area contributed by atoms with Crippen molar-refractivity contribution in [2.45, 2.75) is 44.7 Å². The Morgan fingerprint density at radius 1 is 1.28 bits per heavy atom. The maximum absolute atomic E-state index is 12.9. The van der Waals surface area contributed by atoms with E-state index in [1.807, 2.05) is 6.92 Å². The molecule has 2 atom stereocenters. The Kier molecular flexibility index (Phi) is 5.91. The fourth-order valence-corrected chi connectivity index (χ4v) is 4.11. The van der Waals surface area contributed by atoms with Gasteiger partial charge in [-0.2, -0.15) is 0 Å². The van der Waals surface area contributed by atoms with E-state index in [9.17, 15) is 19.2 Å². The summed E-state index contributed by atoms with van der Waals surface area (Å²) in [5, 5.41) is 5.57. The number of hydrogen-bond donors (Lipinski definition) is 2. The van der Waals surface area contributed by atoms with Crippen molar-refractivity contribution in [1.29, 1.82) is 0 Å². The van der Waals surface area contributed by atoms with Crippen LogP contribution in [0.2, 0.25) is 0 Å². The van der Waals surface area contributed by atoms with Crippen LogP contribution in [-0.2, 0) is 16.1 Å². The molecule has 1 aromatic rings. The van der Waals surface area contributed by atoms with Crippen LogP contribution in [0.25, 0.3) is 0 Å². The van der Waals surface area contributed by atoms with Crippen LogP contribution < -0.4 is 10.6 Å². The van der Waals surface area contributed by atoms with Gasteiger partial charge in [-0.3, -0.25) is 19.3 Å². The van der Waals surface area contributed by atoms with Crippen molar-refractivity contribution >= 4 is 23.8 Å². The van der Waals surface area contributed by atoms with Gasteiger partial charge < -0.3 is 15.5 Å². The highest BCUT2D eigenvalue weighted by molar-refractivity contribution is 6.09. The number of carbonyl (C=O) groups excluding carboxylic acids is 4. The van der Waals surface area contributed by atoms with E-state index in [1.165, 1.54) is 4.90 Å². The molecule has 1 saturated carbocycles. The number of rotatable bonds is 5. The summed E-state index contributed by atoms with van der Waals surface area (Å²) < 4.78 is 0. The minimum atomic E-state index is -0.865. The molecular formula is C21H28N4O4. The van der Waals surface area contributed by atoms with E-state index in [4.69, 9.17) is 0 Å². The first kappa shape index (κ1) is 20.8. The second-order valence-corrected chi connectivity index (χ2v) is 8.12. The Bertz CT molecular complexity index is 838. The van der Waals surface area contributed by atoms with Gasteiger partial charge >= 0.3 is 6.03 Å². The third kappa shape index (κ3) is 4.11. The number of amides is 5. The number of nitrogens with one attached hydrogen (secondary N) is 2. The zero-order valence-corrected chi connectivity index (χ0v) is 17.2. The van der Waals surface area contributed by atoms with Crippen LogP contribution >= 0.6 is 0 Å². The van der Waals surface area contributed by atoms with Gasteiger partial charge in [0.15, 0.2) is 0 Å². The molecular weight excluding hydrogens is 372 g/mol. The summed E-state index contributed by atoms with van der Waals surface area (Å²) >= 11 is 0. The van der Waals surface area contributed by atoms with Gasteiger partial charge in [0.05, 0.1) is 0 Å². The van der Waals surface area contributed by atoms with Gasteiger partial charge in [-0.25, -0.2) is 4.79 Å². The van der Waals surface area contributed by atoms with Gasteiger partial charge in [0, 0.05) is 26.2 Å². The quantitative estimate of drug-likeness (QED) is 0.732. The topological polar surface area (TPSA) is 98.8 Å². The largest absolute Gasteiger partial charge is 0.350 e. The highest BCUT2D eigenvalue weighted by atomic mass is 16.2. The first-order valence-corrected chi connectivity index (χ1v) is 9.96. The molecule has 5 amide bonds. The maximum Gasteiger partial charge on any atom is 0.325 e. The van der Waals surface area contributed by atoms with Crippen LogP contribution in [0.4, 0.5) is 4.79 Å². The van der Waals surface area contributed by atoms with E-state index in [0.29, 0.717) is 12.0 Å². The van der Waals surface area contributed by atoms with E-state index in [2.05, 4.69) is 10.6 Å². The number of carbonyl (C=O) groups is 4. The molecule has 2 N–H and O–H groups in total. The summed E-state index contributed by atoms with van der Waals surface area (Å²) in [4.78, 5) is 52.2. The fraction of sp³-hybridized carbons (Fsp3) is 0.524. The molecule has 156 valence electrons. The van der Waals surface area contributed by atoms with Crippen LogP contribution in [-0.4, -0.2) is 59.7 Å². The molecule has 2 unspecified atom stereocenters. The molecule has 2 aliphatic rings. The minimum Gasteiger partial charge on any atom is -0.350 e. The van der Waals surface area contributed by atoms with Crippen molar-refractivity contribution in [2.75, 3.05) is 20.6 Å². The first-order chi connectivity index (χ1) is 13.7. The Morgan fingerprint density at radius 2 is 2.03 bits per heavy atom. The number of benzene rings is 1. The lowest BCUT2D eigenvalue weighted by Gasteiger charge is -2.36. The third-order valence-electron chi connectivity index (χ3n) is 5.87. The van der Waals surface area contributed by atoms with Crippen LogP contribution in [0.3, 0.4) is 0 Å². The molecule has 0 radical (unpaired) electrons.